The number of anilines is 2. The molecular weight excluding hydrogens is 396 g/mol. The van der Waals surface area contributed by atoms with Crippen molar-refractivity contribution in [2.24, 2.45) is 0 Å². The minimum atomic E-state index is -0.506. The molecule has 1 heterocycles. The number of pyridine rings is 1. The van der Waals surface area contributed by atoms with Crippen LogP contribution in [-0.2, 0) is 11.2 Å². The van der Waals surface area contributed by atoms with Gasteiger partial charge in [-0.2, -0.15) is 0 Å². The van der Waals surface area contributed by atoms with Gasteiger partial charge in [-0.3, -0.25) is 19.7 Å². The van der Waals surface area contributed by atoms with E-state index in [0.717, 1.165) is 0 Å². The lowest BCUT2D eigenvalue weighted by molar-refractivity contribution is -0.384. The maximum Gasteiger partial charge on any atom is 0.269 e. The molecule has 0 saturated carbocycles. The fraction of sp³-hybridized carbons (Fsp3) is 0.0500. The highest BCUT2D eigenvalue weighted by atomic mass is 35.5. The number of hydrogen-bond donors (Lipinski definition) is 2. The van der Waals surface area contributed by atoms with Crippen molar-refractivity contribution in [3.8, 4) is 0 Å². The van der Waals surface area contributed by atoms with E-state index < -0.39 is 10.8 Å². The molecule has 3 rings (SSSR count). The summed E-state index contributed by atoms with van der Waals surface area (Å²) < 4.78 is 0. The summed E-state index contributed by atoms with van der Waals surface area (Å²) in [5.41, 5.74) is 1.17. The Bertz CT molecular complexity index is 1050. The van der Waals surface area contributed by atoms with Gasteiger partial charge >= 0.3 is 0 Å². The number of nitro groups is 1. The Kier molecular flexibility index (Phi) is 6.16. The van der Waals surface area contributed by atoms with Gasteiger partial charge in [0.1, 0.15) is 5.82 Å². The van der Waals surface area contributed by atoms with E-state index in [0.29, 0.717) is 22.1 Å². The van der Waals surface area contributed by atoms with Crippen molar-refractivity contribution in [2.45, 2.75) is 6.42 Å². The van der Waals surface area contributed by atoms with E-state index in [2.05, 4.69) is 15.6 Å². The molecule has 3 aromatic rings. The summed E-state index contributed by atoms with van der Waals surface area (Å²) in [6.07, 6.45) is 1.42. The Labute approximate surface area is 170 Å². The Morgan fingerprint density at radius 1 is 1.00 bits per heavy atom. The topological polar surface area (TPSA) is 114 Å². The van der Waals surface area contributed by atoms with Gasteiger partial charge in [0.2, 0.25) is 5.91 Å². The van der Waals surface area contributed by atoms with Gasteiger partial charge in [-0.05, 0) is 29.8 Å². The number of hydrogen-bond acceptors (Lipinski definition) is 5. The second kappa shape index (κ2) is 8.94. The normalized spacial score (nSPS) is 10.2. The molecule has 0 aliphatic carbocycles. The van der Waals surface area contributed by atoms with Crippen LogP contribution in [0.2, 0.25) is 5.02 Å². The van der Waals surface area contributed by atoms with E-state index in [1.165, 1.54) is 30.5 Å². The first-order chi connectivity index (χ1) is 13.9. The fourth-order valence-electron chi connectivity index (χ4n) is 2.54. The molecule has 1 aromatic heterocycles. The minimum absolute atomic E-state index is 0.00663. The number of nitro benzene ring substituents is 1. The number of amides is 2. The van der Waals surface area contributed by atoms with Crippen molar-refractivity contribution in [1.29, 1.82) is 0 Å². The number of rotatable bonds is 6. The Morgan fingerprint density at radius 3 is 2.38 bits per heavy atom. The molecule has 0 saturated heterocycles. The maximum atomic E-state index is 12.6. The number of para-hydroxylation sites is 1. The van der Waals surface area contributed by atoms with E-state index in [1.54, 1.807) is 36.4 Å². The number of halogens is 1. The van der Waals surface area contributed by atoms with E-state index in [9.17, 15) is 19.7 Å². The van der Waals surface area contributed by atoms with E-state index in [-0.39, 0.29) is 23.6 Å². The van der Waals surface area contributed by atoms with Crippen molar-refractivity contribution in [3.05, 3.63) is 93.1 Å². The Hall–Kier alpha value is -3.78. The summed E-state index contributed by atoms with van der Waals surface area (Å²) in [7, 11) is 0. The fourth-order valence-corrected chi connectivity index (χ4v) is 2.65. The molecule has 8 nitrogen and oxygen atoms in total. The SMILES string of the molecule is O=C(Cc1ccc([N+](=O)[O-])cc1)Nc1ccccc1C(=O)Nc1ccc(Cl)cn1. The van der Waals surface area contributed by atoms with Crippen molar-refractivity contribution < 1.29 is 14.5 Å². The molecular formula is C20H15ClN4O4. The second-order valence-corrected chi connectivity index (χ2v) is 6.45. The highest BCUT2D eigenvalue weighted by molar-refractivity contribution is 6.30. The molecule has 2 amide bonds. The van der Waals surface area contributed by atoms with Crippen LogP contribution < -0.4 is 10.6 Å². The van der Waals surface area contributed by atoms with Crippen molar-refractivity contribution in [2.75, 3.05) is 10.6 Å². The number of aromatic nitrogens is 1. The zero-order valence-corrected chi connectivity index (χ0v) is 15.7. The predicted octanol–water partition coefficient (Wildman–Crippen LogP) is 4.08. The van der Waals surface area contributed by atoms with Gasteiger partial charge in [0, 0.05) is 18.3 Å². The molecule has 0 unspecified atom stereocenters. The number of nitrogens with zero attached hydrogens (tertiary/aromatic N) is 2. The number of non-ortho nitro benzene ring substituents is 1. The average molecular weight is 411 g/mol. The van der Waals surface area contributed by atoms with Gasteiger partial charge in [0.15, 0.2) is 0 Å². The largest absolute Gasteiger partial charge is 0.325 e. The maximum absolute atomic E-state index is 12.6. The van der Waals surface area contributed by atoms with Crippen LogP contribution in [0.4, 0.5) is 17.2 Å². The summed E-state index contributed by atoms with van der Waals surface area (Å²) in [6, 6.07) is 15.4. The number of benzene rings is 2. The van der Waals surface area contributed by atoms with Crippen LogP contribution >= 0.6 is 11.6 Å². The highest BCUT2D eigenvalue weighted by Gasteiger charge is 2.14. The Morgan fingerprint density at radius 2 is 1.72 bits per heavy atom. The molecule has 2 aromatic carbocycles. The van der Waals surface area contributed by atoms with Crippen LogP contribution in [0.25, 0.3) is 0 Å². The van der Waals surface area contributed by atoms with Crippen molar-refractivity contribution >= 4 is 40.6 Å². The monoisotopic (exact) mass is 410 g/mol. The molecule has 0 atom stereocenters. The number of carbonyl (C=O) groups is 2. The molecule has 0 aliphatic heterocycles. The summed E-state index contributed by atoms with van der Waals surface area (Å²) in [4.78, 5) is 39.1. The van der Waals surface area contributed by atoms with E-state index in [1.807, 2.05) is 0 Å². The predicted molar refractivity (Wildman–Crippen MR) is 109 cm³/mol. The van der Waals surface area contributed by atoms with Gasteiger partial charge in [-0.1, -0.05) is 35.9 Å². The third-order valence-corrected chi connectivity index (χ3v) is 4.15. The first-order valence-corrected chi connectivity index (χ1v) is 8.85. The molecule has 146 valence electrons. The van der Waals surface area contributed by atoms with Crippen LogP contribution in [0, 0.1) is 10.1 Å². The lowest BCUT2D eigenvalue weighted by Gasteiger charge is -2.11. The second-order valence-electron chi connectivity index (χ2n) is 6.01. The smallest absolute Gasteiger partial charge is 0.269 e. The summed E-state index contributed by atoms with van der Waals surface area (Å²) in [6.45, 7) is 0. The number of nitrogens with one attached hydrogen (secondary N) is 2. The van der Waals surface area contributed by atoms with Crippen LogP contribution in [0.3, 0.4) is 0 Å². The van der Waals surface area contributed by atoms with Gasteiger partial charge in [-0.25, -0.2) is 4.98 Å². The minimum Gasteiger partial charge on any atom is -0.325 e. The zero-order chi connectivity index (χ0) is 20.8. The lowest BCUT2D eigenvalue weighted by atomic mass is 10.1. The third-order valence-electron chi connectivity index (χ3n) is 3.93. The van der Waals surface area contributed by atoms with Crippen LogP contribution in [0.5, 0.6) is 0 Å². The highest BCUT2D eigenvalue weighted by Crippen LogP contribution is 2.18. The van der Waals surface area contributed by atoms with Gasteiger partial charge in [-0.15, -0.1) is 0 Å². The first-order valence-electron chi connectivity index (χ1n) is 8.47. The quantitative estimate of drug-likeness (QED) is 0.469. The van der Waals surface area contributed by atoms with E-state index in [4.69, 9.17) is 11.6 Å². The zero-order valence-electron chi connectivity index (χ0n) is 15.0. The number of carbonyl (C=O) groups excluding carboxylic acids is 2. The molecule has 2 N–H and O–H groups in total. The molecule has 0 spiro atoms. The van der Waals surface area contributed by atoms with Crippen LogP contribution in [0.1, 0.15) is 15.9 Å². The summed E-state index contributed by atoms with van der Waals surface area (Å²) >= 11 is 5.78. The van der Waals surface area contributed by atoms with E-state index >= 15 is 0 Å². The van der Waals surface area contributed by atoms with Crippen LogP contribution in [-0.4, -0.2) is 21.7 Å². The van der Waals surface area contributed by atoms with Crippen LogP contribution in [0.15, 0.2) is 66.9 Å². The first kappa shape index (κ1) is 20.0. The standard InChI is InChI=1S/C20H15ClN4O4/c21-14-7-10-18(22-12-14)24-20(27)16-3-1-2-4-17(16)23-19(26)11-13-5-8-15(9-6-13)25(28)29/h1-10,12H,11H2,(H,23,26)(H,22,24,27). The molecule has 9 heteroatoms. The average Bonchev–Trinajstić information content (AvgIpc) is 2.70. The summed E-state index contributed by atoms with van der Waals surface area (Å²) in [5, 5.41) is 16.5. The van der Waals surface area contributed by atoms with Crippen molar-refractivity contribution in [3.63, 3.8) is 0 Å². The molecule has 29 heavy (non-hydrogen) atoms. The third kappa shape index (κ3) is 5.36. The van der Waals surface area contributed by atoms with Gasteiger partial charge in [0.05, 0.1) is 27.6 Å². The lowest BCUT2D eigenvalue weighted by Crippen LogP contribution is -2.19. The molecule has 0 aliphatic rings. The molecule has 0 radical (unpaired) electrons. The van der Waals surface area contributed by atoms with Gasteiger partial charge < -0.3 is 10.6 Å². The molecule has 0 fully saturated rings. The Balaban J connectivity index is 1.69. The molecule has 0 bridgehead atoms. The van der Waals surface area contributed by atoms with Crippen molar-refractivity contribution in [1.82, 2.24) is 4.98 Å². The summed E-state index contributed by atoms with van der Waals surface area (Å²) in [5.74, 6) is -0.471. The van der Waals surface area contributed by atoms with Gasteiger partial charge in [0.25, 0.3) is 11.6 Å².